The highest BCUT2D eigenvalue weighted by molar-refractivity contribution is 7.20. The molecule has 1 heterocycles. The standard InChI is InChI=1S/C24H22N2O7S/c1-4-32-24(29)18-13-20(16-8-6-5-7-9-16)34-22(18)25-21(27)15(3)33-23(28)17-10-11-19(26(30)31)14(2)12-17/h5-13,15H,4H2,1-3H3,(H,25,27). The number of aryl methyl sites for hydroxylation is 1. The van der Waals surface area contributed by atoms with Crippen molar-refractivity contribution in [2.75, 3.05) is 11.9 Å². The van der Waals surface area contributed by atoms with Gasteiger partial charge in [0.15, 0.2) is 6.10 Å². The van der Waals surface area contributed by atoms with Crippen LogP contribution in [0.1, 0.15) is 40.1 Å². The number of nitro benzene ring substituents is 1. The van der Waals surface area contributed by atoms with Gasteiger partial charge in [-0.3, -0.25) is 14.9 Å². The number of nitrogens with one attached hydrogen (secondary N) is 1. The Bertz CT molecular complexity index is 1240. The van der Waals surface area contributed by atoms with Gasteiger partial charge >= 0.3 is 11.9 Å². The first-order valence-corrected chi connectivity index (χ1v) is 11.2. The molecular weight excluding hydrogens is 460 g/mol. The number of amides is 1. The Morgan fingerprint density at radius 1 is 1.09 bits per heavy atom. The molecule has 34 heavy (non-hydrogen) atoms. The van der Waals surface area contributed by atoms with Gasteiger partial charge in [0, 0.05) is 16.5 Å². The summed E-state index contributed by atoms with van der Waals surface area (Å²) in [6, 6.07) is 14.8. The van der Waals surface area contributed by atoms with Gasteiger partial charge in [0.1, 0.15) is 5.00 Å². The molecule has 0 aliphatic rings. The Kier molecular flexibility index (Phi) is 7.75. The largest absolute Gasteiger partial charge is 0.462 e. The Morgan fingerprint density at radius 3 is 2.41 bits per heavy atom. The van der Waals surface area contributed by atoms with E-state index in [9.17, 15) is 24.5 Å². The maximum Gasteiger partial charge on any atom is 0.341 e. The van der Waals surface area contributed by atoms with Crippen LogP contribution >= 0.6 is 11.3 Å². The molecule has 176 valence electrons. The third-order valence-electron chi connectivity index (χ3n) is 4.80. The van der Waals surface area contributed by atoms with Crippen LogP contribution < -0.4 is 5.32 Å². The Morgan fingerprint density at radius 2 is 1.79 bits per heavy atom. The van der Waals surface area contributed by atoms with E-state index < -0.39 is 28.9 Å². The number of carbonyl (C=O) groups is 3. The fourth-order valence-electron chi connectivity index (χ4n) is 3.07. The zero-order valence-electron chi connectivity index (χ0n) is 18.7. The van der Waals surface area contributed by atoms with Gasteiger partial charge in [-0.2, -0.15) is 0 Å². The number of rotatable bonds is 8. The average Bonchev–Trinajstić information content (AvgIpc) is 3.23. The molecule has 0 radical (unpaired) electrons. The quantitative estimate of drug-likeness (QED) is 0.272. The normalized spacial score (nSPS) is 11.4. The fourth-order valence-corrected chi connectivity index (χ4v) is 4.13. The second-order valence-electron chi connectivity index (χ2n) is 7.24. The number of esters is 2. The number of carbonyl (C=O) groups excluding carboxylic acids is 3. The van der Waals surface area contributed by atoms with Gasteiger partial charge in [-0.05, 0) is 44.5 Å². The molecule has 3 rings (SSSR count). The lowest BCUT2D eigenvalue weighted by molar-refractivity contribution is -0.385. The van der Waals surface area contributed by atoms with E-state index >= 15 is 0 Å². The lowest BCUT2D eigenvalue weighted by Crippen LogP contribution is -2.30. The number of nitrogens with zero attached hydrogens (tertiary/aromatic N) is 1. The Hall–Kier alpha value is -4.05. The summed E-state index contributed by atoms with van der Waals surface area (Å²) in [5, 5.41) is 13.9. The highest BCUT2D eigenvalue weighted by Gasteiger charge is 2.25. The van der Waals surface area contributed by atoms with Crippen molar-refractivity contribution in [3.8, 4) is 10.4 Å². The number of hydrogen-bond donors (Lipinski definition) is 1. The minimum atomic E-state index is -1.19. The summed E-state index contributed by atoms with van der Waals surface area (Å²) < 4.78 is 10.3. The van der Waals surface area contributed by atoms with E-state index in [1.54, 1.807) is 13.0 Å². The smallest absolute Gasteiger partial charge is 0.341 e. The molecule has 0 spiro atoms. The van der Waals surface area contributed by atoms with Crippen molar-refractivity contribution >= 4 is 39.9 Å². The van der Waals surface area contributed by atoms with Crippen molar-refractivity contribution in [2.45, 2.75) is 26.9 Å². The van der Waals surface area contributed by atoms with Crippen molar-refractivity contribution in [2.24, 2.45) is 0 Å². The van der Waals surface area contributed by atoms with Crippen molar-refractivity contribution in [3.63, 3.8) is 0 Å². The van der Waals surface area contributed by atoms with Gasteiger partial charge in [-0.15, -0.1) is 11.3 Å². The summed E-state index contributed by atoms with van der Waals surface area (Å²) in [6.07, 6.45) is -1.19. The molecule has 0 bridgehead atoms. The van der Waals surface area contributed by atoms with Gasteiger partial charge < -0.3 is 14.8 Å². The maximum atomic E-state index is 12.7. The summed E-state index contributed by atoms with van der Waals surface area (Å²) in [6.45, 7) is 4.75. The van der Waals surface area contributed by atoms with E-state index in [0.717, 1.165) is 10.4 Å². The summed E-state index contributed by atoms with van der Waals surface area (Å²) in [7, 11) is 0. The third-order valence-corrected chi connectivity index (χ3v) is 5.90. The van der Waals surface area contributed by atoms with Crippen LogP contribution in [0.25, 0.3) is 10.4 Å². The fraction of sp³-hybridized carbons (Fsp3) is 0.208. The van der Waals surface area contributed by atoms with Gasteiger partial charge in [-0.25, -0.2) is 9.59 Å². The van der Waals surface area contributed by atoms with E-state index in [1.807, 2.05) is 30.3 Å². The van der Waals surface area contributed by atoms with Gasteiger partial charge in [0.25, 0.3) is 11.6 Å². The number of ether oxygens (including phenoxy) is 2. The molecule has 0 fully saturated rings. The van der Waals surface area contributed by atoms with Gasteiger partial charge in [0.2, 0.25) is 0 Å². The van der Waals surface area contributed by atoms with Crippen LogP contribution in [0.3, 0.4) is 0 Å². The van der Waals surface area contributed by atoms with Crippen LogP contribution in [0.5, 0.6) is 0 Å². The predicted octanol–water partition coefficient (Wildman–Crippen LogP) is 4.99. The van der Waals surface area contributed by atoms with Crippen LogP contribution in [0.15, 0.2) is 54.6 Å². The maximum absolute atomic E-state index is 12.7. The van der Waals surface area contributed by atoms with E-state index in [-0.39, 0.29) is 28.4 Å². The Labute approximate surface area is 199 Å². The first kappa shape index (κ1) is 24.6. The van der Waals surface area contributed by atoms with Crippen LogP contribution in [0.4, 0.5) is 10.7 Å². The summed E-state index contributed by atoms with van der Waals surface area (Å²) in [5.74, 6) is -2.02. The summed E-state index contributed by atoms with van der Waals surface area (Å²) in [4.78, 5) is 48.8. The van der Waals surface area contributed by atoms with Crippen LogP contribution in [0, 0.1) is 17.0 Å². The first-order chi connectivity index (χ1) is 16.2. The number of hydrogen-bond acceptors (Lipinski definition) is 8. The highest BCUT2D eigenvalue weighted by atomic mass is 32.1. The molecule has 3 aromatic rings. The van der Waals surface area contributed by atoms with Crippen molar-refractivity contribution in [3.05, 3.63) is 81.4 Å². The van der Waals surface area contributed by atoms with Crippen LogP contribution in [-0.2, 0) is 14.3 Å². The summed E-state index contributed by atoms with van der Waals surface area (Å²) in [5.41, 5.74) is 1.32. The molecule has 1 amide bonds. The number of thiophene rings is 1. The predicted molar refractivity (Wildman–Crippen MR) is 127 cm³/mol. The lowest BCUT2D eigenvalue weighted by Gasteiger charge is -2.14. The lowest BCUT2D eigenvalue weighted by atomic mass is 10.1. The van der Waals surface area contributed by atoms with Crippen molar-refractivity contribution in [1.29, 1.82) is 0 Å². The van der Waals surface area contributed by atoms with E-state index in [0.29, 0.717) is 5.56 Å². The molecule has 0 aliphatic heterocycles. The molecule has 9 nitrogen and oxygen atoms in total. The molecule has 1 N–H and O–H groups in total. The molecule has 1 unspecified atom stereocenters. The second kappa shape index (κ2) is 10.7. The molecule has 1 atom stereocenters. The zero-order chi connectivity index (χ0) is 24.8. The average molecular weight is 483 g/mol. The zero-order valence-corrected chi connectivity index (χ0v) is 19.5. The van der Waals surface area contributed by atoms with Crippen molar-refractivity contribution in [1.82, 2.24) is 0 Å². The SMILES string of the molecule is CCOC(=O)c1cc(-c2ccccc2)sc1NC(=O)C(C)OC(=O)c1ccc([N+](=O)[O-])c(C)c1. The molecule has 2 aromatic carbocycles. The molecular formula is C24H22N2O7S. The highest BCUT2D eigenvalue weighted by Crippen LogP contribution is 2.36. The monoisotopic (exact) mass is 482 g/mol. The van der Waals surface area contributed by atoms with E-state index in [1.165, 1.54) is 43.4 Å². The first-order valence-electron chi connectivity index (χ1n) is 10.3. The summed E-state index contributed by atoms with van der Waals surface area (Å²) >= 11 is 1.20. The number of anilines is 1. The molecule has 0 saturated heterocycles. The molecule has 10 heteroatoms. The second-order valence-corrected chi connectivity index (χ2v) is 8.29. The minimum absolute atomic E-state index is 0.0810. The topological polar surface area (TPSA) is 125 Å². The Balaban J connectivity index is 1.77. The molecule has 1 aromatic heterocycles. The molecule has 0 aliphatic carbocycles. The van der Waals surface area contributed by atoms with Gasteiger partial charge in [0.05, 0.1) is 22.7 Å². The van der Waals surface area contributed by atoms with E-state index in [4.69, 9.17) is 9.47 Å². The minimum Gasteiger partial charge on any atom is -0.462 e. The van der Waals surface area contributed by atoms with Crippen LogP contribution in [0.2, 0.25) is 0 Å². The van der Waals surface area contributed by atoms with Gasteiger partial charge in [-0.1, -0.05) is 30.3 Å². The van der Waals surface area contributed by atoms with Crippen molar-refractivity contribution < 1.29 is 28.8 Å². The third kappa shape index (κ3) is 5.65. The van der Waals surface area contributed by atoms with Crippen LogP contribution in [-0.4, -0.2) is 35.5 Å². The number of nitro groups is 1. The van der Waals surface area contributed by atoms with E-state index in [2.05, 4.69) is 5.32 Å². The molecule has 0 saturated carbocycles. The number of benzene rings is 2.